The maximum Gasteiger partial charge on any atom is 0.150 e. The van der Waals surface area contributed by atoms with Crippen LogP contribution in [0.1, 0.15) is 0 Å². The van der Waals surface area contributed by atoms with E-state index in [2.05, 4.69) is 25.3 Å². The molecule has 0 aromatic carbocycles. The molecule has 0 saturated carbocycles. The van der Waals surface area contributed by atoms with Crippen LogP contribution in [0.4, 0.5) is 5.82 Å². The fourth-order valence-corrected chi connectivity index (χ4v) is 3.58. The van der Waals surface area contributed by atoms with Crippen LogP contribution in [0.3, 0.4) is 0 Å². The average molecular weight is 306 g/mol. The highest BCUT2D eigenvalue weighted by atomic mass is 35.5. The van der Waals surface area contributed by atoms with Crippen LogP contribution in [0, 0.1) is 5.92 Å². The molecule has 7 heteroatoms. The van der Waals surface area contributed by atoms with Gasteiger partial charge in [0.05, 0.1) is 21.4 Å². The fraction of sp³-hybridized carbons (Fsp3) is 0.308. The number of hydrogen-bond donors (Lipinski definition) is 0. The minimum atomic E-state index is 0.593. The number of halogens is 1. The first kappa shape index (κ1) is 12.1. The van der Waals surface area contributed by atoms with Gasteiger partial charge in [-0.25, -0.2) is 9.97 Å². The Bertz CT molecular complexity index is 746. The van der Waals surface area contributed by atoms with E-state index in [9.17, 15) is 0 Å². The van der Waals surface area contributed by atoms with Gasteiger partial charge in [0.15, 0.2) is 0 Å². The fourth-order valence-electron chi connectivity index (χ4n) is 2.56. The zero-order chi connectivity index (χ0) is 13.5. The zero-order valence-corrected chi connectivity index (χ0v) is 12.2. The van der Waals surface area contributed by atoms with Gasteiger partial charge in [-0.1, -0.05) is 11.6 Å². The third-order valence-electron chi connectivity index (χ3n) is 3.53. The monoisotopic (exact) mass is 305 g/mol. The lowest BCUT2D eigenvalue weighted by molar-refractivity contribution is 0.341. The molecule has 1 saturated heterocycles. The second-order valence-corrected chi connectivity index (χ2v) is 6.34. The van der Waals surface area contributed by atoms with E-state index in [4.69, 9.17) is 11.6 Å². The summed E-state index contributed by atoms with van der Waals surface area (Å²) in [7, 11) is 0. The van der Waals surface area contributed by atoms with Gasteiger partial charge in [-0.15, -0.1) is 11.3 Å². The van der Waals surface area contributed by atoms with E-state index in [0.29, 0.717) is 10.9 Å². The number of hydrogen-bond acceptors (Lipinski definition) is 5. The van der Waals surface area contributed by atoms with Crippen molar-refractivity contribution in [3.05, 3.63) is 35.2 Å². The van der Waals surface area contributed by atoms with Crippen molar-refractivity contribution >= 4 is 39.0 Å². The largest absolute Gasteiger partial charge is 0.354 e. The summed E-state index contributed by atoms with van der Waals surface area (Å²) in [6.45, 7) is 2.91. The number of anilines is 1. The summed E-state index contributed by atoms with van der Waals surface area (Å²) in [6, 6.07) is 2.04. The molecule has 1 aliphatic rings. The lowest BCUT2D eigenvalue weighted by Gasteiger charge is -2.40. The molecule has 1 fully saturated rings. The lowest BCUT2D eigenvalue weighted by Crippen LogP contribution is -2.49. The molecule has 0 N–H and O–H groups in total. The van der Waals surface area contributed by atoms with E-state index in [0.717, 1.165) is 31.0 Å². The van der Waals surface area contributed by atoms with E-state index >= 15 is 0 Å². The van der Waals surface area contributed by atoms with Crippen LogP contribution in [0.25, 0.3) is 10.2 Å². The molecule has 0 unspecified atom stereocenters. The number of nitrogens with zero attached hydrogens (tertiary/aromatic N) is 5. The minimum absolute atomic E-state index is 0.593. The minimum Gasteiger partial charge on any atom is -0.354 e. The molecule has 102 valence electrons. The molecule has 4 rings (SSSR count). The van der Waals surface area contributed by atoms with Crippen LogP contribution in [0.5, 0.6) is 0 Å². The molecule has 1 aliphatic heterocycles. The zero-order valence-electron chi connectivity index (χ0n) is 10.6. The molecule has 3 aromatic rings. The Morgan fingerprint density at radius 3 is 3.05 bits per heavy atom. The smallest absolute Gasteiger partial charge is 0.150 e. The molecule has 20 heavy (non-hydrogen) atoms. The maximum absolute atomic E-state index is 5.87. The standard InChI is InChI=1S/C13H12ClN5S/c14-10-3-17-19(7-10)6-9-4-18(5-9)13-12-11(1-2-20-12)15-8-16-13/h1-3,7-9H,4-6H2. The van der Waals surface area contributed by atoms with Crippen molar-refractivity contribution in [2.75, 3.05) is 18.0 Å². The van der Waals surface area contributed by atoms with Crippen molar-refractivity contribution < 1.29 is 0 Å². The van der Waals surface area contributed by atoms with Gasteiger partial charge in [0.2, 0.25) is 0 Å². The highest BCUT2D eigenvalue weighted by Gasteiger charge is 2.29. The van der Waals surface area contributed by atoms with E-state index in [1.54, 1.807) is 23.9 Å². The highest BCUT2D eigenvalue weighted by Crippen LogP contribution is 2.32. The Kier molecular flexibility index (Phi) is 2.85. The van der Waals surface area contributed by atoms with Gasteiger partial charge in [-0.05, 0) is 11.4 Å². The first-order chi connectivity index (χ1) is 9.79. The third kappa shape index (κ3) is 2.05. The second-order valence-electron chi connectivity index (χ2n) is 4.98. The van der Waals surface area contributed by atoms with Crippen LogP contribution < -0.4 is 4.90 Å². The second kappa shape index (κ2) is 4.71. The van der Waals surface area contributed by atoms with Crippen LogP contribution in [0.2, 0.25) is 5.02 Å². The van der Waals surface area contributed by atoms with Gasteiger partial charge in [0.1, 0.15) is 12.1 Å². The molecule has 0 spiro atoms. The highest BCUT2D eigenvalue weighted by molar-refractivity contribution is 7.17. The maximum atomic E-state index is 5.87. The van der Waals surface area contributed by atoms with E-state index in [1.807, 2.05) is 16.9 Å². The van der Waals surface area contributed by atoms with Crippen molar-refractivity contribution in [1.82, 2.24) is 19.7 Å². The summed E-state index contributed by atoms with van der Waals surface area (Å²) in [4.78, 5) is 11.0. The van der Waals surface area contributed by atoms with E-state index in [-0.39, 0.29) is 0 Å². The predicted octanol–water partition coefficient (Wildman–Crippen LogP) is 2.68. The predicted molar refractivity (Wildman–Crippen MR) is 80.4 cm³/mol. The van der Waals surface area contributed by atoms with Gasteiger partial charge in [-0.2, -0.15) is 5.10 Å². The van der Waals surface area contributed by atoms with Crippen molar-refractivity contribution in [3.8, 4) is 0 Å². The van der Waals surface area contributed by atoms with E-state index in [1.165, 1.54) is 4.70 Å². The molecule has 4 heterocycles. The number of fused-ring (bicyclic) bond motifs is 1. The normalized spacial score (nSPS) is 15.8. The van der Waals surface area contributed by atoms with Gasteiger partial charge in [0.25, 0.3) is 0 Å². The summed E-state index contributed by atoms with van der Waals surface area (Å²) >= 11 is 7.57. The van der Waals surface area contributed by atoms with E-state index < -0.39 is 0 Å². The molecule has 0 aliphatic carbocycles. The number of rotatable bonds is 3. The Hall–Kier alpha value is -1.66. The van der Waals surface area contributed by atoms with Gasteiger partial charge < -0.3 is 4.90 Å². The van der Waals surface area contributed by atoms with Crippen molar-refractivity contribution in [3.63, 3.8) is 0 Å². The molecule has 3 aromatic heterocycles. The summed E-state index contributed by atoms with van der Waals surface area (Å²) in [6.07, 6.45) is 5.19. The average Bonchev–Trinajstić information content (AvgIpc) is 3.01. The molecular weight excluding hydrogens is 294 g/mol. The Labute approximate surface area is 124 Å². The molecule has 0 atom stereocenters. The molecule has 5 nitrogen and oxygen atoms in total. The topological polar surface area (TPSA) is 46.8 Å². The molecule has 0 amide bonds. The van der Waals surface area contributed by atoms with Crippen LogP contribution >= 0.6 is 22.9 Å². The number of aromatic nitrogens is 4. The molecule has 0 radical (unpaired) electrons. The first-order valence-corrected chi connectivity index (χ1v) is 7.66. The Morgan fingerprint density at radius 1 is 1.35 bits per heavy atom. The summed E-state index contributed by atoms with van der Waals surface area (Å²) in [5, 5.41) is 6.97. The first-order valence-electron chi connectivity index (χ1n) is 6.41. The number of thiophene rings is 1. The van der Waals surface area contributed by atoms with Crippen molar-refractivity contribution in [2.45, 2.75) is 6.54 Å². The molecular formula is C13H12ClN5S. The van der Waals surface area contributed by atoms with Crippen molar-refractivity contribution in [1.29, 1.82) is 0 Å². The lowest BCUT2D eigenvalue weighted by atomic mass is 10.0. The van der Waals surface area contributed by atoms with Crippen LogP contribution in [0.15, 0.2) is 30.2 Å². The third-order valence-corrected chi connectivity index (χ3v) is 4.62. The summed E-state index contributed by atoms with van der Waals surface area (Å²) in [5.41, 5.74) is 1.03. The summed E-state index contributed by atoms with van der Waals surface area (Å²) in [5.74, 6) is 1.65. The van der Waals surface area contributed by atoms with Crippen LogP contribution in [-0.4, -0.2) is 32.8 Å². The van der Waals surface area contributed by atoms with Gasteiger partial charge >= 0.3 is 0 Å². The Balaban J connectivity index is 1.47. The van der Waals surface area contributed by atoms with Gasteiger partial charge in [0, 0.05) is 31.7 Å². The SMILES string of the molecule is Clc1cnn(CC2CN(c3ncnc4ccsc34)C2)c1. The Morgan fingerprint density at radius 2 is 2.25 bits per heavy atom. The van der Waals surface area contributed by atoms with Crippen LogP contribution in [-0.2, 0) is 6.54 Å². The van der Waals surface area contributed by atoms with Gasteiger partial charge in [-0.3, -0.25) is 4.68 Å². The molecule has 0 bridgehead atoms. The quantitative estimate of drug-likeness (QED) is 0.746. The van der Waals surface area contributed by atoms with Crippen molar-refractivity contribution in [2.24, 2.45) is 5.92 Å². The summed E-state index contributed by atoms with van der Waals surface area (Å²) < 4.78 is 3.08.